The maximum absolute atomic E-state index is 11.0. The van der Waals surface area contributed by atoms with E-state index in [1.54, 1.807) is 25.1 Å². The Kier molecular flexibility index (Phi) is 2.16. The number of hydrogen-bond acceptors (Lipinski definition) is 5. The van der Waals surface area contributed by atoms with E-state index in [0.717, 1.165) is 0 Å². The maximum atomic E-state index is 11.0. The van der Waals surface area contributed by atoms with E-state index in [4.69, 9.17) is 14.0 Å². The van der Waals surface area contributed by atoms with Crippen LogP contribution in [-0.4, -0.2) is 21.2 Å². The summed E-state index contributed by atoms with van der Waals surface area (Å²) in [6, 6.07) is 6.40. The molecule has 0 aliphatic rings. The molecule has 0 fully saturated rings. The molecule has 1 aromatic carbocycles. The second-order valence-corrected chi connectivity index (χ2v) is 3.81. The van der Waals surface area contributed by atoms with Crippen LogP contribution in [0.25, 0.3) is 22.8 Å². The Hall–Kier alpha value is -2.63. The first kappa shape index (κ1) is 10.5. The summed E-state index contributed by atoms with van der Waals surface area (Å²) in [5.41, 5.74) is 1.50. The number of hydrogen-bond donors (Lipinski definition) is 1. The Morgan fingerprint density at radius 1 is 1.39 bits per heavy atom. The van der Waals surface area contributed by atoms with Gasteiger partial charge in [0.25, 0.3) is 5.89 Å². The van der Waals surface area contributed by atoms with E-state index in [2.05, 4.69) is 10.1 Å². The summed E-state index contributed by atoms with van der Waals surface area (Å²) in [6.45, 7) is 1.78. The van der Waals surface area contributed by atoms with Crippen LogP contribution >= 0.6 is 0 Å². The molecule has 0 unspecified atom stereocenters. The van der Waals surface area contributed by atoms with Gasteiger partial charge in [-0.15, -0.1) is 0 Å². The molecule has 0 amide bonds. The highest BCUT2D eigenvalue weighted by molar-refractivity contribution is 6.00. The van der Waals surface area contributed by atoms with Crippen LogP contribution in [0.3, 0.4) is 0 Å². The van der Waals surface area contributed by atoms with Crippen molar-refractivity contribution in [3.05, 3.63) is 35.5 Å². The van der Waals surface area contributed by atoms with Gasteiger partial charge in [0, 0.05) is 6.07 Å². The molecule has 0 saturated carbocycles. The van der Waals surface area contributed by atoms with E-state index in [1.165, 1.54) is 6.07 Å². The fraction of sp³-hybridized carbons (Fsp3) is 0.0833. The molecule has 90 valence electrons. The molecular formula is C12H8N2O4. The number of aromatic nitrogens is 2. The van der Waals surface area contributed by atoms with Crippen LogP contribution in [-0.2, 0) is 0 Å². The molecule has 0 radical (unpaired) electrons. The van der Waals surface area contributed by atoms with Crippen molar-refractivity contribution >= 4 is 17.1 Å². The predicted molar refractivity (Wildman–Crippen MR) is 61.2 cm³/mol. The highest BCUT2D eigenvalue weighted by Crippen LogP contribution is 2.26. The van der Waals surface area contributed by atoms with Crippen LogP contribution < -0.4 is 0 Å². The fourth-order valence-electron chi connectivity index (χ4n) is 1.69. The third-order valence-corrected chi connectivity index (χ3v) is 2.49. The minimum absolute atomic E-state index is 0.0961. The second-order valence-electron chi connectivity index (χ2n) is 3.81. The minimum Gasteiger partial charge on any atom is -0.478 e. The van der Waals surface area contributed by atoms with Gasteiger partial charge in [0.15, 0.2) is 5.58 Å². The van der Waals surface area contributed by atoms with Crippen molar-refractivity contribution in [3.63, 3.8) is 0 Å². The van der Waals surface area contributed by atoms with Crippen molar-refractivity contribution in [1.82, 2.24) is 10.1 Å². The number of rotatable bonds is 2. The van der Waals surface area contributed by atoms with Crippen molar-refractivity contribution in [2.75, 3.05) is 0 Å². The normalized spacial score (nSPS) is 10.9. The Balaban J connectivity index is 2.22. The Morgan fingerprint density at radius 2 is 2.22 bits per heavy atom. The largest absolute Gasteiger partial charge is 0.478 e. The van der Waals surface area contributed by atoms with Gasteiger partial charge in [-0.3, -0.25) is 0 Å². The number of aromatic carboxylic acids is 1. The molecule has 0 spiro atoms. The molecule has 1 N–H and O–H groups in total. The molecule has 6 nitrogen and oxygen atoms in total. The first-order valence-corrected chi connectivity index (χ1v) is 5.21. The van der Waals surface area contributed by atoms with Gasteiger partial charge >= 0.3 is 5.97 Å². The molecule has 0 bridgehead atoms. The van der Waals surface area contributed by atoms with Crippen LogP contribution in [0.2, 0.25) is 0 Å². The van der Waals surface area contributed by atoms with E-state index in [9.17, 15) is 4.79 Å². The molecule has 0 atom stereocenters. The summed E-state index contributed by atoms with van der Waals surface area (Å²) in [5.74, 6) is -0.450. The molecule has 6 heteroatoms. The number of aryl methyl sites for hydroxylation is 1. The summed E-state index contributed by atoms with van der Waals surface area (Å²) in [7, 11) is 0. The van der Waals surface area contributed by atoms with Crippen LogP contribution in [0, 0.1) is 6.92 Å². The van der Waals surface area contributed by atoms with E-state index in [0.29, 0.717) is 22.6 Å². The summed E-state index contributed by atoms with van der Waals surface area (Å²) in [5, 5.41) is 12.8. The fourth-order valence-corrected chi connectivity index (χ4v) is 1.69. The first-order chi connectivity index (χ1) is 8.65. The van der Waals surface area contributed by atoms with Crippen molar-refractivity contribution in [3.8, 4) is 11.7 Å². The molecular weight excluding hydrogens is 236 g/mol. The van der Waals surface area contributed by atoms with Crippen LogP contribution in [0.5, 0.6) is 0 Å². The maximum Gasteiger partial charge on any atom is 0.338 e. The van der Waals surface area contributed by atoms with E-state index in [1.807, 2.05) is 0 Å². The van der Waals surface area contributed by atoms with Gasteiger partial charge in [-0.2, -0.15) is 0 Å². The highest BCUT2D eigenvalue weighted by atomic mass is 16.5. The highest BCUT2D eigenvalue weighted by Gasteiger charge is 2.17. The average molecular weight is 244 g/mol. The lowest BCUT2D eigenvalue weighted by Crippen LogP contribution is -1.96. The number of carboxylic acids is 1. The third-order valence-electron chi connectivity index (χ3n) is 2.49. The zero-order valence-electron chi connectivity index (χ0n) is 9.38. The number of benzene rings is 1. The molecule has 2 aromatic heterocycles. The second kappa shape index (κ2) is 3.69. The molecule has 18 heavy (non-hydrogen) atoms. The topological polar surface area (TPSA) is 89.4 Å². The van der Waals surface area contributed by atoms with Gasteiger partial charge in [-0.25, -0.2) is 9.78 Å². The van der Waals surface area contributed by atoms with Gasteiger partial charge in [0.2, 0.25) is 5.76 Å². The van der Waals surface area contributed by atoms with Crippen molar-refractivity contribution < 1.29 is 18.8 Å². The Labute approximate surface area is 101 Å². The van der Waals surface area contributed by atoms with Gasteiger partial charge in [0.1, 0.15) is 5.52 Å². The molecule has 0 aliphatic carbocycles. The van der Waals surface area contributed by atoms with Crippen LogP contribution in [0.4, 0.5) is 0 Å². The van der Waals surface area contributed by atoms with Crippen molar-refractivity contribution in [2.45, 2.75) is 6.92 Å². The summed E-state index contributed by atoms with van der Waals surface area (Å²) < 4.78 is 10.5. The number of carbonyl (C=O) groups is 1. The lowest BCUT2D eigenvalue weighted by atomic mass is 10.2. The van der Waals surface area contributed by atoms with Gasteiger partial charge < -0.3 is 14.0 Å². The molecule has 3 rings (SSSR count). The summed E-state index contributed by atoms with van der Waals surface area (Å²) in [4.78, 5) is 15.2. The summed E-state index contributed by atoms with van der Waals surface area (Å²) >= 11 is 0. The SMILES string of the molecule is Cc1cc(-c2nc3c(C(=O)O)cccc3o2)on1. The van der Waals surface area contributed by atoms with Gasteiger partial charge in [0.05, 0.1) is 11.3 Å². The van der Waals surface area contributed by atoms with E-state index < -0.39 is 5.97 Å². The van der Waals surface area contributed by atoms with Gasteiger partial charge in [-0.05, 0) is 19.1 Å². The van der Waals surface area contributed by atoms with Crippen LogP contribution in [0.15, 0.2) is 33.2 Å². The number of fused-ring (bicyclic) bond motifs is 1. The summed E-state index contributed by atoms with van der Waals surface area (Å²) in [6.07, 6.45) is 0. The van der Waals surface area contributed by atoms with E-state index in [-0.39, 0.29) is 11.5 Å². The standard InChI is InChI=1S/C12H8N2O4/c1-6-5-9(18-14-6)11-13-10-7(12(15)16)3-2-4-8(10)17-11/h2-5H,1H3,(H,15,16). The Bertz CT molecular complexity index is 741. The Morgan fingerprint density at radius 3 is 2.89 bits per heavy atom. The van der Waals surface area contributed by atoms with E-state index >= 15 is 0 Å². The number of nitrogens with zero attached hydrogens (tertiary/aromatic N) is 2. The minimum atomic E-state index is -1.05. The lowest BCUT2D eigenvalue weighted by molar-refractivity contribution is 0.0699. The average Bonchev–Trinajstić information content (AvgIpc) is 2.93. The van der Waals surface area contributed by atoms with Crippen LogP contribution in [0.1, 0.15) is 16.1 Å². The smallest absolute Gasteiger partial charge is 0.338 e. The van der Waals surface area contributed by atoms with Gasteiger partial charge in [-0.1, -0.05) is 11.2 Å². The monoisotopic (exact) mass is 244 g/mol. The predicted octanol–water partition coefficient (Wildman–Crippen LogP) is 2.49. The lowest BCUT2D eigenvalue weighted by Gasteiger charge is -1.92. The molecule has 2 heterocycles. The third kappa shape index (κ3) is 1.55. The molecule has 0 saturated heterocycles. The quantitative estimate of drug-likeness (QED) is 0.744. The van der Waals surface area contributed by atoms with Crippen molar-refractivity contribution in [1.29, 1.82) is 0 Å². The first-order valence-electron chi connectivity index (χ1n) is 5.21. The molecule has 0 aliphatic heterocycles. The number of carboxylic acid groups (broad SMARTS) is 1. The number of oxazole rings is 1. The molecule has 3 aromatic rings. The number of para-hydroxylation sites is 1. The zero-order valence-corrected chi connectivity index (χ0v) is 9.38. The zero-order chi connectivity index (χ0) is 12.7. The van der Waals surface area contributed by atoms with Crippen molar-refractivity contribution in [2.24, 2.45) is 0 Å².